The van der Waals surface area contributed by atoms with Gasteiger partial charge in [0.2, 0.25) is 0 Å². The lowest BCUT2D eigenvalue weighted by Gasteiger charge is -2.59. The molecule has 5 aromatic rings. The molecule has 53 heavy (non-hydrogen) atoms. The number of benzene rings is 5. The van der Waals surface area contributed by atoms with Crippen molar-refractivity contribution in [2.24, 2.45) is 5.92 Å². The van der Waals surface area contributed by atoms with Crippen LogP contribution in [0.15, 0.2) is 144 Å². The summed E-state index contributed by atoms with van der Waals surface area (Å²) in [5, 5.41) is 3.17. The van der Waals surface area contributed by atoms with Gasteiger partial charge in [0, 0.05) is 54.3 Å². The second-order valence-corrected chi connectivity index (χ2v) is 15.4. The zero-order valence-corrected chi connectivity index (χ0v) is 32.4. The van der Waals surface area contributed by atoms with Gasteiger partial charge in [-0.05, 0) is 85.1 Å². The van der Waals surface area contributed by atoms with Gasteiger partial charge in [0.25, 0.3) is 0 Å². The van der Waals surface area contributed by atoms with Gasteiger partial charge in [-0.25, -0.2) is 4.79 Å². The Morgan fingerprint density at radius 1 is 0.792 bits per heavy atom. The molecule has 7 nitrogen and oxygen atoms in total. The third kappa shape index (κ3) is 8.06. The first kappa shape index (κ1) is 36.9. The molecule has 0 aliphatic carbocycles. The summed E-state index contributed by atoms with van der Waals surface area (Å²) < 4.78 is 13.9. The minimum atomic E-state index is -0.824. The molecule has 0 radical (unpaired) electrons. The minimum absolute atomic E-state index is 0.0777. The van der Waals surface area contributed by atoms with E-state index in [9.17, 15) is 4.79 Å². The molecule has 0 bridgehead atoms. The molecule has 1 N–H and O–H groups in total. The lowest BCUT2D eigenvalue weighted by atomic mass is 9.73. The number of carbonyl (C=O) groups excluding carboxylic acids is 1. The number of halogens is 1. The maximum atomic E-state index is 14.0. The number of nitrogens with one attached hydrogen (secondary N) is 1. The lowest BCUT2D eigenvalue weighted by molar-refractivity contribution is -0.109. The highest BCUT2D eigenvalue weighted by atomic mass is 79.9. The van der Waals surface area contributed by atoms with Crippen LogP contribution in [0.1, 0.15) is 34.6 Å². The summed E-state index contributed by atoms with van der Waals surface area (Å²) in [6.45, 7) is 3.69. The fraction of sp³-hybridized carbons (Fsp3) is 0.311. The first-order chi connectivity index (χ1) is 25.9. The number of methoxy groups -OCH3 is 1. The molecule has 2 aliphatic heterocycles. The van der Waals surface area contributed by atoms with Crippen LogP contribution >= 0.6 is 15.9 Å². The van der Waals surface area contributed by atoms with Crippen LogP contribution in [0.5, 0.6) is 5.75 Å². The normalized spacial score (nSPS) is 20.5. The molecule has 2 heterocycles. The Balaban J connectivity index is 1.26. The molecule has 5 aromatic carbocycles. The van der Waals surface area contributed by atoms with Crippen LogP contribution in [0.2, 0.25) is 0 Å². The standard InChI is InChI=1S/C45H49BrN4O3/c1-48(2)29-33-27-28-49(44(51)47-39-23-25-40(52-3)26-24-39)31-41-43(34-19-21-38(46)22-20-34)42(50(41)30-33)32-53-45(35-13-7-4-8-14-35,36-15-9-5-10-16-36)37-17-11-6-12-18-37/h4-26,33,41-43H,27-32H2,1-3H3,(H,47,51)/t33?,41-,42+,43+/m0/s1. The summed E-state index contributed by atoms with van der Waals surface area (Å²) in [4.78, 5) is 20.9. The molecule has 2 amide bonds. The van der Waals surface area contributed by atoms with Crippen LogP contribution in [0.25, 0.3) is 0 Å². The summed E-state index contributed by atoms with van der Waals surface area (Å²) in [6.07, 6.45) is 0.913. The lowest BCUT2D eigenvalue weighted by Crippen LogP contribution is -2.69. The van der Waals surface area contributed by atoms with Crippen LogP contribution in [-0.2, 0) is 10.3 Å². The Morgan fingerprint density at radius 3 is 1.89 bits per heavy atom. The fourth-order valence-electron chi connectivity index (χ4n) is 8.38. The molecule has 4 atom stereocenters. The Bertz CT molecular complexity index is 1810. The largest absolute Gasteiger partial charge is 0.497 e. The van der Waals surface area contributed by atoms with Crippen molar-refractivity contribution in [3.63, 3.8) is 0 Å². The highest BCUT2D eigenvalue weighted by Crippen LogP contribution is 2.46. The van der Waals surface area contributed by atoms with E-state index in [4.69, 9.17) is 9.47 Å². The second-order valence-electron chi connectivity index (χ2n) is 14.5. The van der Waals surface area contributed by atoms with Crippen LogP contribution in [-0.4, -0.2) is 86.8 Å². The Morgan fingerprint density at radius 2 is 1.36 bits per heavy atom. The van der Waals surface area contributed by atoms with Crippen molar-refractivity contribution in [1.29, 1.82) is 0 Å². The maximum absolute atomic E-state index is 14.0. The topological polar surface area (TPSA) is 57.3 Å². The number of amides is 2. The number of ether oxygens (including phenoxy) is 2. The number of urea groups is 1. The van der Waals surface area contributed by atoms with Crippen molar-refractivity contribution in [1.82, 2.24) is 14.7 Å². The molecule has 2 saturated heterocycles. The first-order valence-corrected chi connectivity index (χ1v) is 19.3. The Kier molecular flexibility index (Phi) is 11.6. The molecule has 0 spiro atoms. The van der Waals surface area contributed by atoms with Gasteiger partial charge < -0.3 is 24.6 Å². The van der Waals surface area contributed by atoms with Crippen molar-refractivity contribution in [3.05, 3.63) is 166 Å². The number of rotatable bonds is 11. The van der Waals surface area contributed by atoms with Crippen molar-refractivity contribution >= 4 is 27.6 Å². The Hall–Kier alpha value is -4.47. The fourth-order valence-corrected chi connectivity index (χ4v) is 8.65. The van der Waals surface area contributed by atoms with Crippen LogP contribution in [0.4, 0.5) is 10.5 Å². The molecule has 8 heteroatoms. The minimum Gasteiger partial charge on any atom is -0.497 e. The van der Waals surface area contributed by atoms with E-state index < -0.39 is 5.60 Å². The predicted octanol–water partition coefficient (Wildman–Crippen LogP) is 8.72. The van der Waals surface area contributed by atoms with Gasteiger partial charge in [-0.2, -0.15) is 0 Å². The zero-order chi connectivity index (χ0) is 36.8. The third-order valence-corrected chi connectivity index (χ3v) is 11.4. The number of anilines is 1. The smallest absolute Gasteiger partial charge is 0.321 e. The number of hydrogen-bond acceptors (Lipinski definition) is 5. The highest BCUT2D eigenvalue weighted by molar-refractivity contribution is 9.10. The van der Waals surface area contributed by atoms with Crippen molar-refractivity contribution in [2.75, 3.05) is 59.3 Å². The molecular weight excluding hydrogens is 724 g/mol. The number of carbonyl (C=O) groups is 1. The van der Waals surface area contributed by atoms with E-state index in [1.807, 2.05) is 29.2 Å². The van der Waals surface area contributed by atoms with Gasteiger partial charge in [-0.1, -0.05) is 119 Å². The number of nitrogens with zero attached hydrogens (tertiary/aromatic N) is 3. The molecule has 0 saturated carbocycles. The van der Waals surface area contributed by atoms with Crippen molar-refractivity contribution in [2.45, 2.75) is 30.0 Å². The van der Waals surface area contributed by atoms with Gasteiger partial charge in [-0.15, -0.1) is 0 Å². The Labute approximate surface area is 322 Å². The molecule has 274 valence electrons. The summed E-state index contributed by atoms with van der Waals surface area (Å²) in [7, 11) is 5.92. The molecular formula is C45H49BrN4O3. The summed E-state index contributed by atoms with van der Waals surface area (Å²) in [5.74, 6) is 1.28. The van der Waals surface area contributed by atoms with E-state index in [1.165, 1.54) is 5.56 Å². The molecule has 2 fully saturated rings. The van der Waals surface area contributed by atoms with E-state index in [0.29, 0.717) is 25.6 Å². The second kappa shape index (κ2) is 16.7. The maximum Gasteiger partial charge on any atom is 0.321 e. The SMILES string of the molecule is COc1ccc(NC(=O)N2CCC(CN(C)C)CN3[C@H](COC(c4ccccc4)(c4ccccc4)c4ccccc4)[C@H](c4ccc(Br)cc4)[C@@H]3C2)cc1. The first-order valence-electron chi connectivity index (χ1n) is 18.5. The van der Waals surface area contributed by atoms with Crippen LogP contribution in [0, 0.1) is 5.92 Å². The summed E-state index contributed by atoms with van der Waals surface area (Å²) >= 11 is 3.67. The van der Waals surface area contributed by atoms with Gasteiger partial charge in [-0.3, -0.25) is 4.90 Å². The molecule has 2 aliphatic rings. The quantitative estimate of drug-likeness (QED) is 0.136. The van der Waals surface area contributed by atoms with E-state index in [2.05, 4.69) is 160 Å². The monoisotopic (exact) mass is 772 g/mol. The average Bonchev–Trinajstić information content (AvgIpc) is 3.18. The van der Waals surface area contributed by atoms with Crippen LogP contribution < -0.4 is 10.1 Å². The van der Waals surface area contributed by atoms with Crippen LogP contribution in [0.3, 0.4) is 0 Å². The summed E-state index contributed by atoms with van der Waals surface area (Å²) in [5.41, 5.74) is 4.46. The number of hydrogen-bond donors (Lipinski definition) is 1. The van der Waals surface area contributed by atoms with Gasteiger partial charge >= 0.3 is 6.03 Å². The van der Waals surface area contributed by atoms with Crippen molar-refractivity contribution < 1.29 is 14.3 Å². The van der Waals surface area contributed by atoms with Crippen molar-refractivity contribution in [3.8, 4) is 5.75 Å². The average molecular weight is 774 g/mol. The molecule has 1 unspecified atom stereocenters. The summed E-state index contributed by atoms with van der Waals surface area (Å²) in [6, 6.07) is 48.2. The van der Waals surface area contributed by atoms with Gasteiger partial charge in [0.15, 0.2) is 0 Å². The predicted molar refractivity (Wildman–Crippen MR) is 217 cm³/mol. The number of fused-ring (bicyclic) bond motifs is 1. The third-order valence-electron chi connectivity index (χ3n) is 10.9. The van der Waals surface area contributed by atoms with E-state index in [1.54, 1.807) is 7.11 Å². The van der Waals surface area contributed by atoms with E-state index >= 15 is 0 Å². The van der Waals surface area contributed by atoms with Gasteiger partial charge in [0.05, 0.1) is 13.7 Å². The van der Waals surface area contributed by atoms with Gasteiger partial charge in [0.1, 0.15) is 11.4 Å². The zero-order valence-electron chi connectivity index (χ0n) is 30.8. The molecule has 7 rings (SSSR count). The van der Waals surface area contributed by atoms with E-state index in [0.717, 1.165) is 52.1 Å². The van der Waals surface area contributed by atoms with E-state index in [-0.39, 0.29) is 24.0 Å². The highest BCUT2D eigenvalue weighted by Gasteiger charge is 2.52. The molecule has 0 aromatic heterocycles.